The summed E-state index contributed by atoms with van der Waals surface area (Å²) in [5.41, 5.74) is 0. The van der Waals surface area contributed by atoms with Crippen LogP contribution in [0, 0.1) is 0 Å². The summed E-state index contributed by atoms with van der Waals surface area (Å²) in [6.45, 7) is 2.52. The van der Waals surface area contributed by atoms with Crippen molar-refractivity contribution in [2.75, 3.05) is 20.2 Å². The third-order valence-corrected chi connectivity index (χ3v) is 2.04. The first-order chi connectivity index (χ1) is 6.93. The van der Waals surface area contributed by atoms with Gasteiger partial charge in [-0.3, -0.25) is 0 Å². The van der Waals surface area contributed by atoms with Crippen LogP contribution in [-0.4, -0.2) is 20.2 Å². The van der Waals surface area contributed by atoms with Gasteiger partial charge in [0.25, 0.3) is 0 Å². The van der Waals surface area contributed by atoms with Gasteiger partial charge in [0, 0.05) is 6.61 Å². The first-order valence-corrected chi connectivity index (χ1v) is 5.18. The summed E-state index contributed by atoms with van der Waals surface area (Å²) < 4.78 is 10.6. The van der Waals surface area contributed by atoms with Gasteiger partial charge in [0.2, 0.25) is 0 Å². The van der Waals surface area contributed by atoms with Crippen LogP contribution < -0.4 is 5.32 Å². The van der Waals surface area contributed by atoms with Crippen LogP contribution in [0.5, 0.6) is 0 Å². The second-order valence-corrected chi connectivity index (χ2v) is 3.30. The Hall–Kier alpha value is -0.800. The number of rotatable bonds is 8. The molecule has 1 aromatic rings. The van der Waals surface area contributed by atoms with Gasteiger partial charge in [0.1, 0.15) is 12.4 Å². The average Bonchev–Trinajstić information content (AvgIpc) is 2.69. The molecular weight excluding hydrogens is 178 g/mol. The molecule has 14 heavy (non-hydrogen) atoms. The lowest BCUT2D eigenvalue weighted by Crippen LogP contribution is -2.07. The van der Waals surface area contributed by atoms with Gasteiger partial charge in [0.15, 0.2) is 0 Å². The molecule has 0 aromatic carbocycles. The zero-order chi connectivity index (χ0) is 10.1. The van der Waals surface area contributed by atoms with Crippen LogP contribution in [0.3, 0.4) is 0 Å². The highest BCUT2D eigenvalue weighted by molar-refractivity contribution is 4.95. The van der Waals surface area contributed by atoms with Crippen molar-refractivity contribution in [2.45, 2.75) is 25.9 Å². The lowest BCUT2D eigenvalue weighted by molar-refractivity contribution is 0.102. The van der Waals surface area contributed by atoms with E-state index in [0.29, 0.717) is 6.61 Å². The van der Waals surface area contributed by atoms with Crippen LogP contribution in [0.2, 0.25) is 0 Å². The lowest BCUT2D eigenvalue weighted by Gasteiger charge is -2.02. The van der Waals surface area contributed by atoms with Crippen LogP contribution in [-0.2, 0) is 11.3 Å². The second kappa shape index (κ2) is 7.59. The van der Waals surface area contributed by atoms with Crippen molar-refractivity contribution in [3.63, 3.8) is 0 Å². The summed E-state index contributed by atoms with van der Waals surface area (Å²) in [7, 11) is 1.98. The molecule has 0 saturated heterocycles. The fourth-order valence-electron chi connectivity index (χ4n) is 1.25. The third-order valence-electron chi connectivity index (χ3n) is 2.04. The van der Waals surface area contributed by atoms with Crippen molar-refractivity contribution in [2.24, 2.45) is 0 Å². The van der Waals surface area contributed by atoms with E-state index in [-0.39, 0.29) is 0 Å². The number of hydrogen-bond acceptors (Lipinski definition) is 3. The molecule has 3 heteroatoms. The SMILES string of the molecule is CNCCCCCOCc1ccco1. The van der Waals surface area contributed by atoms with Gasteiger partial charge in [-0.2, -0.15) is 0 Å². The van der Waals surface area contributed by atoms with E-state index in [4.69, 9.17) is 9.15 Å². The van der Waals surface area contributed by atoms with E-state index in [2.05, 4.69) is 5.32 Å². The molecule has 0 spiro atoms. The van der Waals surface area contributed by atoms with Crippen LogP contribution in [0.1, 0.15) is 25.0 Å². The zero-order valence-corrected chi connectivity index (χ0v) is 8.79. The Labute approximate surface area is 85.4 Å². The van der Waals surface area contributed by atoms with E-state index in [1.54, 1.807) is 6.26 Å². The average molecular weight is 197 g/mol. The van der Waals surface area contributed by atoms with Gasteiger partial charge in [-0.05, 0) is 45.0 Å². The molecule has 0 fully saturated rings. The largest absolute Gasteiger partial charge is 0.467 e. The van der Waals surface area contributed by atoms with Crippen LogP contribution in [0.15, 0.2) is 22.8 Å². The minimum Gasteiger partial charge on any atom is -0.467 e. The normalized spacial score (nSPS) is 10.6. The summed E-state index contributed by atoms with van der Waals surface area (Å²) in [6.07, 6.45) is 5.24. The fraction of sp³-hybridized carbons (Fsp3) is 0.636. The Bertz CT molecular complexity index is 209. The molecule has 0 bridgehead atoms. The quantitative estimate of drug-likeness (QED) is 0.649. The minimum atomic E-state index is 0.596. The number of unbranched alkanes of at least 4 members (excludes halogenated alkanes) is 2. The molecular formula is C11H19NO2. The van der Waals surface area contributed by atoms with E-state index < -0.39 is 0 Å². The Balaban J connectivity index is 1.85. The molecule has 0 aliphatic carbocycles. The van der Waals surface area contributed by atoms with E-state index in [1.165, 1.54) is 12.8 Å². The van der Waals surface area contributed by atoms with Gasteiger partial charge < -0.3 is 14.5 Å². The summed E-state index contributed by atoms with van der Waals surface area (Å²) in [6, 6.07) is 3.81. The van der Waals surface area contributed by atoms with Crippen molar-refractivity contribution in [3.05, 3.63) is 24.2 Å². The van der Waals surface area contributed by atoms with Crippen LogP contribution >= 0.6 is 0 Å². The van der Waals surface area contributed by atoms with Gasteiger partial charge in [0.05, 0.1) is 6.26 Å². The van der Waals surface area contributed by atoms with Crippen LogP contribution in [0.4, 0.5) is 0 Å². The van der Waals surface area contributed by atoms with Crippen molar-refractivity contribution in [1.82, 2.24) is 5.32 Å². The van der Waals surface area contributed by atoms with Crippen molar-refractivity contribution in [1.29, 1.82) is 0 Å². The molecule has 1 rings (SSSR count). The molecule has 0 radical (unpaired) electrons. The zero-order valence-electron chi connectivity index (χ0n) is 8.79. The highest BCUT2D eigenvalue weighted by atomic mass is 16.5. The Morgan fingerprint density at radius 1 is 1.36 bits per heavy atom. The maximum atomic E-state index is 5.44. The monoisotopic (exact) mass is 197 g/mol. The van der Waals surface area contributed by atoms with E-state index in [9.17, 15) is 0 Å². The molecule has 0 amide bonds. The predicted molar refractivity (Wildman–Crippen MR) is 56.1 cm³/mol. The van der Waals surface area contributed by atoms with E-state index in [0.717, 1.165) is 25.3 Å². The first kappa shape index (κ1) is 11.3. The maximum Gasteiger partial charge on any atom is 0.129 e. The second-order valence-electron chi connectivity index (χ2n) is 3.30. The highest BCUT2D eigenvalue weighted by Gasteiger charge is 1.94. The lowest BCUT2D eigenvalue weighted by atomic mass is 10.2. The molecule has 0 saturated carbocycles. The predicted octanol–water partition coefficient (Wildman–Crippen LogP) is 2.19. The van der Waals surface area contributed by atoms with Gasteiger partial charge in [-0.1, -0.05) is 0 Å². The molecule has 0 aliphatic rings. The van der Waals surface area contributed by atoms with Crippen molar-refractivity contribution in [3.8, 4) is 0 Å². The molecule has 80 valence electrons. The fourth-order valence-corrected chi connectivity index (χ4v) is 1.25. The summed E-state index contributed by atoms with van der Waals surface area (Å²) >= 11 is 0. The van der Waals surface area contributed by atoms with Gasteiger partial charge in [-0.15, -0.1) is 0 Å². The van der Waals surface area contributed by atoms with E-state index in [1.807, 2.05) is 19.2 Å². The Morgan fingerprint density at radius 2 is 2.29 bits per heavy atom. The van der Waals surface area contributed by atoms with E-state index >= 15 is 0 Å². The topological polar surface area (TPSA) is 34.4 Å². The molecule has 0 aliphatic heterocycles. The van der Waals surface area contributed by atoms with Gasteiger partial charge in [-0.25, -0.2) is 0 Å². The highest BCUT2D eigenvalue weighted by Crippen LogP contribution is 2.03. The number of ether oxygens (including phenoxy) is 1. The van der Waals surface area contributed by atoms with Crippen LogP contribution in [0.25, 0.3) is 0 Å². The molecule has 1 aromatic heterocycles. The third kappa shape index (κ3) is 5.04. The smallest absolute Gasteiger partial charge is 0.129 e. The van der Waals surface area contributed by atoms with Crippen molar-refractivity contribution >= 4 is 0 Å². The number of hydrogen-bond donors (Lipinski definition) is 1. The number of furan rings is 1. The molecule has 0 atom stereocenters. The molecule has 0 unspecified atom stereocenters. The standard InChI is InChI=1S/C11H19NO2/c1-12-7-3-2-4-8-13-10-11-6-5-9-14-11/h5-6,9,12H,2-4,7-8,10H2,1H3. The minimum absolute atomic E-state index is 0.596. The number of nitrogens with one attached hydrogen (secondary N) is 1. The van der Waals surface area contributed by atoms with Gasteiger partial charge >= 0.3 is 0 Å². The first-order valence-electron chi connectivity index (χ1n) is 5.18. The molecule has 1 heterocycles. The summed E-state index contributed by atoms with van der Waals surface area (Å²) in [5, 5.41) is 3.13. The Morgan fingerprint density at radius 3 is 3.00 bits per heavy atom. The summed E-state index contributed by atoms with van der Waals surface area (Å²) in [5.74, 6) is 0.903. The Kier molecular flexibility index (Phi) is 6.11. The maximum absolute atomic E-state index is 5.44. The molecule has 3 nitrogen and oxygen atoms in total. The van der Waals surface area contributed by atoms with Crippen molar-refractivity contribution < 1.29 is 9.15 Å². The summed E-state index contributed by atoms with van der Waals surface area (Å²) in [4.78, 5) is 0. The molecule has 1 N–H and O–H groups in total.